The standard InChI is InChI=1S/C17H24N2O5/c1-11-6-12(2)17(13(3)7-11)24-10-16(22)23-9-15(21)19(5)8-14(20)18-4/h6-7H,8-10H2,1-5H3,(H,18,20). The molecule has 2 amide bonds. The Hall–Kier alpha value is -2.57. The van der Waals surface area contributed by atoms with Crippen molar-refractivity contribution < 1.29 is 23.9 Å². The predicted octanol–water partition coefficient (Wildman–Crippen LogP) is 0.738. The fraction of sp³-hybridized carbons (Fsp3) is 0.471. The van der Waals surface area contributed by atoms with Crippen LogP contribution in [0.4, 0.5) is 0 Å². The number of carbonyl (C=O) groups excluding carboxylic acids is 3. The molecule has 132 valence electrons. The van der Waals surface area contributed by atoms with Gasteiger partial charge in [-0.3, -0.25) is 9.59 Å². The van der Waals surface area contributed by atoms with Crippen molar-refractivity contribution in [2.24, 2.45) is 0 Å². The average molecular weight is 336 g/mol. The Morgan fingerprint density at radius 3 is 2.21 bits per heavy atom. The molecule has 1 aromatic rings. The van der Waals surface area contributed by atoms with Gasteiger partial charge in [-0.15, -0.1) is 0 Å². The number of amides is 2. The molecule has 0 radical (unpaired) electrons. The van der Waals surface area contributed by atoms with Crippen molar-refractivity contribution in [1.29, 1.82) is 0 Å². The van der Waals surface area contributed by atoms with Gasteiger partial charge in [0.1, 0.15) is 5.75 Å². The molecular weight excluding hydrogens is 312 g/mol. The average Bonchev–Trinajstić information content (AvgIpc) is 2.51. The number of nitrogens with one attached hydrogen (secondary N) is 1. The van der Waals surface area contributed by atoms with E-state index in [-0.39, 0.29) is 19.1 Å². The van der Waals surface area contributed by atoms with E-state index in [2.05, 4.69) is 5.32 Å². The van der Waals surface area contributed by atoms with Crippen molar-refractivity contribution in [1.82, 2.24) is 10.2 Å². The summed E-state index contributed by atoms with van der Waals surface area (Å²) in [6, 6.07) is 3.93. The number of ether oxygens (including phenoxy) is 2. The maximum Gasteiger partial charge on any atom is 0.344 e. The zero-order valence-corrected chi connectivity index (χ0v) is 14.8. The van der Waals surface area contributed by atoms with Crippen LogP contribution in [-0.4, -0.2) is 56.5 Å². The second-order valence-electron chi connectivity index (χ2n) is 5.60. The lowest BCUT2D eigenvalue weighted by Gasteiger charge is -2.16. The smallest absolute Gasteiger partial charge is 0.344 e. The summed E-state index contributed by atoms with van der Waals surface area (Å²) in [6.45, 7) is 4.98. The normalized spacial score (nSPS) is 10.0. The van der Waals surface area contributed by atoms with E-state index >= 15 is 0 Å². The van der Waals surface area contributed by atoms with Crippen LogP contribution in [0.3, 0.4) is 0 Å². The zero-order chi connectivity index (χ0) is 18.3. The molecule has 7 nitrogen and oxygen atoms in total. The van der Waals surface area contributed by atoms with E-state index in [1.807, 2.05) is 32.9 Å². The maximum atomic E-state index is 11.7. The van der Waals surface area contributed by atoms with E-state index in [1.165, 1.54) is 19.0 Å². The molecule has 0 spiro atoms. The SMILES string of the molecule is CNC(=O)CN(C)C(=O)COC(=O)COc1c(C)cc(C)cc1C. The van der Waals surface area contributed by atoms with Crippen molar-refractivity contribution in [3.05, 3.63) is 28.8 Å². The first-order chi connectivity index (χ1) is 11.2. The van der Waals surface area contributed by atoms with Gasteiger partial charge in [-0.1, -0.05) is 17.7 Å². The van der Waals surface area contributed by atoms with Gasteiger partial charge in [0.2, 0.25) is 5.91 Å². The topological polar surface area (TPSA) is 84.9 Å². The molecule has 1 N–H and O–H groups in total. The molecule has 0 fully saturated rings. The van der Waals surface area contributed by atoms with Crippen LogP contribution in [0.15, 0.2) is 12.1 Å². The number of aryl methyl sites for hydroxylation is 3. The lowest BCUT2D eigenvalue weighted by Crippen LogP contribution is -2.39. The van der Waals surface area contributed by atoms with Crippen LogP contribution < -0.4 is 10.1 Å². The van der Waals surface area contributed by atoms with Crippen molar-refractivity contribution in [2.45, 2.75) is 20.8 Å². The van der Waals surface area contributed by atoms with Crippen molar-refractivity contribution in [3.8, 4) is 5.75 Å². The van der Waals surface area contributed by atoms with Crippen molar-refractivity contribution in [2.75, 3.05) is 33.9 Å². The number of benzene rings is 1. The summed E-state index contributed by atoms with van der Waals surface area (Å²) in [4.78, 5) is 35.8. The Morgan fingerprint density at radius 2 is 1.67 bits per heavy atom. The highest BCUT2D eigenvalue weighted by molar-refractivity contribution is 5.86. The summed E-state index contributed by atoms with van der Waals surface area (Å²) in [5.41, 5.74) is 2.98. The van der Waals surface area contributed by atoms with Gasteiger partial charge in [-0.25, -0.2) is 4.79 Å². The molecule has 0 aliphatic rings. The molecule has 1 aromatic carbocycles. The fourth-order valence-electron chi connectivity index (χ4n) is 2.20. The summed E-state index contributed by atoms with van der Waals surface area (Å²) < 4.78 is 10.4. The van der Waals surface area contributed by atoms with E-state index in [9.17, 15) is 14.4 Å². The number of carbonyl (C=O) groups is 3. The summed E-state index contributed by atoms with van der Waals surface area (Å²) in [5, 5.41) is 2.41. The Balaban J connectivity index is 2.45. The molecule has 24 heavy (non-hydrogen) atoms. The van der Waals surface area contributed by atoms with Crippen LogP contribution in [0, 0.1) is 20.8 Å². The predicted molar refractivity (Wildman–Crippen MR) is 88.8 cm³/mol. The summed E-state index contributed by atoms with van der Waals surface area (Å²) in [5.74, 6) is -0.767. The van der Waals surface area contributed by atoms with Crippen LogP contribution in [0.1, 0.15) is 16.7 Å². The zero-order valence-electron chi connectivity index (χ0n) is 14.8. The fourth-order valence-corrected chi connectivity index (χ4v) is 2.20. The number of rotatable bonds is 7. The Kier molecular flexibility index (Phi) is 7.23. The van der Waals surface area contributed by atoms with Gasteiger partial charge in [-0.2, -0.15) is 0 Å². The number of hydrogen-bond acceptors (Lipinski definition) is 5. The minimum atomic E-state index is -0.643. The van der Waals surface area contributed by atoms with Crippen LogP contribution in [-0.2, 0) is 19.1 Å². The minimum Gasteiger partial charge on any atom is -0.481 e. The van der Waals surface area contributed by atoms with E-state index in [0.717, 1.165) is 16.7 Å². The second-order valence-corrected chi connectivity index (χ2v) is 5.60. The van der Waals surface area contributed by atoms with Crippen LogP contribution in [0.2, 0.25) is 0 Å². The van der Waals surface area contributed by atoms with Gasteiger partial charge in [0.15, 0.2) is 13.2 Å². The number of esters is 1. The highest BCUT2D eigenvalue weighted by Crippen LogP contribution is 2.24. The molecule has 0 atom stereocenters. The first kappa shape index (κ1) is 19.5. The second kappa shape index (κ2) is 8.90. The van der Waals surface area contributed by atoms with Gasteiger partial charge < -0.3 is 19.7 Å². The van der Waals surface area contributed by atoms with Crippen LogP contribution in [0.5, 0.6) is 5.75 Å². The number of hydrogen-bond donors (Lipinski definition) is 1. The summed E-state index contributed by atoms with van der Waals surface area (Å²) in [6.07, 6.45) is 0. The Morgan fingerprint density at radius 1 is 1.08 bits per heavy atom. The molecular formula is C17H24N2O5. The molecule has 0 saturated heterocycles. The van der Waals surface area contributed by atoms with Gasteiger partial charge in [0.25, 0.3) is 5.91 Å². The minimum absolute atomic E-state index is 0.0921. The van der Waals surface area contributed by atoms with Crippen molar-refractivity contribution >= 4 is 17.8 Å². The Labute approximate surface area is 141 Å². The third-order valence-electron chi connectivity index (χ3n) is 3.38. The van der Waals surface area contributed by atoms with Crippen LogP contribution >= 0.6 is 0 Å². The first-order valence-electron chi connectivity index (χ1n) is 7.55. The molecule has 0 aliphatic heterocycles. The quantitative estimate of drug-likeness (QED) is 0.742. The summed E-state index contributed by atoms with van der Waals surface area (Å²) in [7, 11) is 2.94. The molecule has 0 aliphatic carbocycles. The van der Waals surface area contributed by atoms with Gasteiger partial charge >= 0.3 is 5.97 Å². The number of likely N-dealkylation sites (N-methyl/N-ethyl adjacent to an activating group) is 2. The van der Waals surface area contributed by atoms with Gasteiger partial charge in [0.05, 0.1) is 6.54 Å². The third-order valence-corrected chi connectivity index (χ3v) is 3.38. The molecule has 1 rings (SSSR count). The monoisotopic (exact) mass is 336 g/mol. The van der Waals surface area contributed by atoms with Gasteiger partial charge in [-0.05, 0) is 31.9 Å². The van der Waals surface area contributed by atoms with E-state index in [4.69, 9.17) is 9.47 Å². The van der Waals surface area contributed by atoms with Crippen molar-refractivity contribution in [3.63, 3.8) is 0 Å². The lowest BCUT2D eigenvalue weighted by molar-refractivity contribution is -0.153. The molecule has 0 saturated carbocycles. The first-order valence-corrected chi connectivity index (χ1v) is 7.55. The lowest BCUT2D eigenvalue weighted by atomic mass is 10.1. The molecule has 7 heteroatoms. The maximum absolute atomic E-state index is 11.7. The Bertz CT molecular complexity index is 604. The van der Waals surface area contributed by atoms with E-state index < -0.39 is 18.5 Å². The summed E-state index contributed by atoms with van der Waals surface area (Å²) >= 11 is 0. The largest absolute Gasteiger partial charge is 0.481 e. The highest BCUT2D eigenvalue weighted by Gasteiger charge is 2.15. The molecule has 0 heterocycles. The molecule has 0 unspecified atom stereocenters. The highest BCUT2D eigenvalue weighted by atomic mass is 16.6. The van der Waals surface area contributed by atoms with E-state index in [0.29, 0.717) is 5.75 Å². The third kappa shape index (κ3) is 5.91. The van der Waals surface area contributed by atoms with E-state index in [1.54, 1.807) is 0 Å². The number of nitrogens with zero attached hydrogens (tertiary/aromatic N) is 1. The molecule has 0 bridgehead atoms. The van der Waals surface area contributed by atoms with Crippen LogP contribution in [0.25, 0.3) is 0 Å². The van der Waals surface area contributed by atoms with Gasteiger partial charge in [0, 0.05) is 14.1 Å². The molecule has 0 aromatic heterocycles.